The summed E-state index contributed by atoms with van der Waals surface area (Å²) in [5.41, 5.74) is 1.21. The molecule has 1 aromatic rings. The van der Waals surface area contributed by atoms with Crippen LogP contribution < -0.4 is 5.32 Å². The third kappa shape index (κ3) is 4.17. The van der Waals surface area contributed by atoms with Gasteiger partial charge in [0.2, 0.25) is 0 Å². The van der Waals surface area contributed by atoms with Crippen molar-refractivity contribution in [2.45, 2.75) is 46.3 Å². The van der Waals surface area contributed by atoms with Gasteiger partial charge in [0.1, 0.15) is 18.1 Å². The van der Waals surface area contributed by atoms with Crippen molar-refractivity contribution < 1.29 is 9.15 Å². The van der Waals surface area contributed by atoms with Gasteiger partial charge >= 0.3 is 0 Å². The fraction of sp³-hybridized carbons (Fsp3) is 0.714. The maximum Gasteiger partial charge on any atom is 0.130 e. The van der Waals surface area contributed by atoms with E-state index >= 15 is 0 Å². The number of hydrogen-bond donors (Lipinski definition) is 1. The molecule has 96 valence electrons. The van der Waals surface area contributed by atoms with Crippen molar-refractivity contribution in [3.8, 4) is 0 Å². The summed E-state index contributed by atoms with van der Waals surface area (Å²) in [7, 11) is 0. The van der Waals surface area contributed by atoms with Gasteiger partial charge in [-0.2, -0.15) is 0 Å². The monoisotopic (exact) mass is 237 g/mol. The van der Waals surface area contributed by atoms with Crippen molar-refractivity contribution in [1.29, 1.82) is 0 Å². The average molecular weight is 237 g/mol. The van der Waals surface area contributed by atoms with Gasteiger partial charge in [0.25, 0.3) is 0 Å². The summed E-state index contributed by atoms with van der Waals surface area (Å²) in [6.45, 7) is 7.44. The topological polar surface area (TPSA) is 34.4 Å². The molecule has 0 aliphatic heterocycles. The Morgan fingerprint density at radius 1 is 1.47 bits per heavy atom. The minimum absolute atomic E-state index is 0.611. The molecule has 3 heteroatoms. The zero-order valence-corrected chi connectivity index (χ0v) is 10.9. The fourth-order valence-corrected chi connectivity index (χ4v) is 1.90. The summed E-state index contributed by atoms with van der Waals surface area (Å²) >= 11 is 0. The first kappa shape index (κ1) is 12.7. The fourth-order valence-electron chi connectivity index (χ4n) is 1.90. The SMILES string of the molecule is CCNCc1oc(COCCC2CC2)cc1C. The van der Waals surface area contributed by atoms with E-state index in [0.29, 0.717) is 6.61 Å². The number of nitrogens with one attached hydrogen (secondary N) is 1. The maximum absolute atomic E-state index is 5.75. The molecule has 3 nitrogen and oxygen atoms in total. The lowest BCUT2D eigenvalue weighted by Gasteiger charge is -2.01. The van der Waals surface area contributed by atoms with Gasteiger partial charge in [0, 0.05) is 6.61 Å². The van der Waals surface area contributed by atoms with Crippen LogP contribution in [0.5, 0.6) is 0 Å². The smallest absolute Gasteiger partial charge is 0.130 e. The Morgan fingerprint density at radius 3 is 3.00 bits per heavy atom. The summed E-state index contributed by atoms with van der Waals surface area (Å²) in [5, 5.41) is 3.27. The molecule has 0 bridgehead atoms. The molecular weight excluding hydrogens is 214 g/mol. The largest absolute Gasteiger partial charge is 0.462 e. The van der Waals surface area contributed by atoms with Gasteiger partial charge in [-0.05, 0) is 37.4 Å². The molecular formula is C14H23NO2. The average Bonchev–Trinajstić information content (AvgIpc) is 3.07. The second kappa shape index (κ2) is 6.22. The third-order valence-electron chi connectivity index (χ3n) is 3.22. The molecule has 1 aliphatic rings. The molecule has 1 aromatic heterocycles. The summed E-state index contributed by atoms with van der Waals surface area (Å²) in [4.78, 5) is 0. The molecule has 0 aromatic carbocycles. The number of furan rings is 1. The highest BCUT2D eigenvalue weighted by molar-refractivity contribution is 5.19. The molecule has 1 saturated carbocycles. The van der Waals surface area contributed by atoms with E-state index in [2.05, 4.69) is 25.2 Å². The molecule has 1 aliphatic carbocycles. The van der Waals surface area contributed by atoms with Gasteiger partial charge < -0.3 is 14.5 Å². The highest BCUT2D eigenvalue weighted by Crippen LogP contribution is 2.32. The lowest BCUT2D eigenvalue weighted by Crippen LogP contribution is -2.11. The molecule has 1 fully saturated rings. The number of rotatable bonds is 8. The normalized spacial score (nSPS) is 15.4. The van der Waals surface area contributed by atoms with E-state index in [9.17, 15) is 0 Å². The van der Waals surface area contributed by atoms with Crippen LogP contribution in [0.2, 0.25) is 0 Å². The zero-order valence-electron chi connectivity index (χ0n) is 10.9. The number of ether oxygens (including phenoxy) is 1. The van der Waals surface area contributed by atoms with Gasteiger partial charge in [-0.15, -0.1) is 0 Å². The molecule has 0 spiro atoms. The Hall–Kier alpha value is -0.800. The first-order valence-electron chi connectivity index (χ1n) is 6.66. The molecule has 1 heterocycles. The Labute approximate surface area is 104 Å². The third-order valence-corrected chi connectivity index (χ3v) is 3.22. The Morgan fingerprint density at radius 2 is 2.29 bits per heavy atom. The molecule has 0 unspecified atom stereocenters. The van der Waals surface area contributed by atoms with Crippen LogP contribution in [0.3, 0.4) is 0 Å². The summed E-state index contributed by atoms with van der Waals surface area (Å²) < 4.78 is 11.4. The van der Waals surface area contributed by atoms with E-state index in [4.69, 9.17) is 9.15 Å². The molecule has 0 atom stereocenters. The van der Waals surface area contributed by atoms with E-state index in [1.165, 1.54) is 24.8 Å². The first-order chi connectivity index (χ1) is 8.29. The highest BCUT2D eigenvalue weighted by Gasteiger charge is 2.20. The molecule has 0 saturated heterocycles. The summed E-state index contributed by atoms with van der Waals surface area (Å²) in [6, 6.07) is 2.09. The quantitative estimate of drug-likeness (QED) is 0.706. The van der Waals surface area contributed by atoms with Crippen LogP contribution in [0.1, 0.15) is 43.3 Å². The Bertz CT molecular complexity index is 342. The van der Waals surface area contributed by atoms with Gasteiger partial charge in [-0.1, -0.05) is 19.8 Å². The van der Waals surface area contributed by atoms with E-state index in [1.807, 2.05) is 0 Å². The molecule has 1 N–H and O–H groups in total. The zero-order chi connectivity index (χ0) is 12.1. The van der Waals surface area contributed by atoms with Crippen LogP contribution in [-0.4, -0.2) is 13.2 Å². The predicted molar refractivity (Wildman–Crippen MR) is 67.8 cm³/mol. The summed E-state index contributed by atoms with van der Waals surface area (Å²) in [6.07, 6.45) is 4.01. The molecule has 0 amide bonds. The van der Waals surface area contributed by atoms with Crippen molar-refractivity contribution in [3.63, 3.8) is 0 Å². The van der Waals surface area contributed by atoms with Crippen LogP contribution in [0, 0.1) is 12.8 Å². The molecule has 0 radical (unpaired) electrons. The Kier molecular flexibility index (Phi) is 4.63. The van der Waals surface area contributed by atoms with Gasteiger partial charge in [0.15, 0.2) is 0 Å². The lowest BCUT2D eigenvalue weighted by atomic mass is 10.2. The maximum atomic E-state index is 5.75. The summed E-state index contributed by atoms with van der Waals surface area (Å²) in [5.74, 6) is 2.93. The number of hydrogen-bond acceptors (Lipinski definition) is 3. The van der Waals surface area contributed by atoms with Crippen LogP contribution in [0.25, 0.3) is 0 Å². The predicted octanol–water partition coefficient (Wildman–Crippen LogP) is 3.01. The van der Waals surface area contributed by atoms with Crippen LogP contribution in [0.4, 0.5) is 0 Å². The second-order valence-electron chi connectivity index (χ2n) is 4.88. The van der Waals surface area contributed by atoms with E-state index in [-0.39, 0.29) is 0 Å². The highest BCUT2D eigenvalue weighted by atomic mass is 16.5. The van der Waals surface area contributed by atoms with Gasteiger partial charge in [-0.3, -0.25) is 0 Å². The van der Waals surface area contributed by atoms with E-state index < -0.39 is 0 Å². The van der Waals surface area contributed by atoms with Crippen LogP contribution in [-0.2, 0) is 17.9 Å². The van der Waals surface area contributed by atoms with Gasteiger partial charge in [0.05, 0.1) is 6.54 Å². The van der Waals surface area contributed by atoms with Crippen molar-refractivity contribution in [2.24, 2.45) is 5.92 Å². The van der Waals surface area contributed by atoms with E-state index in [0.717, 1.165) is 37.1 Å². The van der Waals surface area contributed by atoms with Crippen molar-refractivity contribution in [2.75, 3.05) is 13.2 Å². The second-order valence-corrected chi connectivity index (χ2v) is 4.88. The van der Waals surface area contributed by atoms with Crippen LogP contribution in [0.15, 0.2) is 10.5 Å². The Balaban J connectivity index is 1.71. The van der Waals surface area contributed by atoms with Crippen molar-refractivity contribution in [1.82, 2.24) is 5.32 Å². The lowest BCUT2D eigenvalue weighted by molar-refractivity contribution is 0.0999. The van der Waals surface area contributed by atoms with Crippen LogP contribution >= 0.6 is 0 Å². The molecule has 2 rings (SSSR count). The van der Waals surface area contributed by atoms with Crippen molar-refractivity contribution >= 4 is 0 Å². The molecule has 17 heavy (non-hydrogen) atoms. The van der Waals surface area contributed by atoms with Crippen molar-refractivity contribution in [3.05, 3.63) is 23.2 Å². The first-order valence-corrected chi connectivity index (χ1v) is 6.66. The van der Waals surface area contributed by atoms with Gasteiger partial charge in [-0.25, -0.2) is 0 Å². The van der Waals surface area contributed by atoms with E-state index in [1.54, 1.807) is 0 Å². The minimum atomic E-state index is 0.611. The number of aryl methyl sites for hydroxylation is 1. The minimum Gasteiger partial charge on any atom is -0.462 e. The standard InChI is InChI=1S/C14H23NO2/c1-3-15-9-14-11(2)8-13(17-14)10-16-7-6-12-4-5-12/h8,12,15H,3-7,9-10H2,1-2H3.